The van der Waals surface area contributed by atoms with E-state index in [9.17, 15) is 0 Å². The van der Waals surface area contributed by atoms with E-state index in [1.54, 1.807) is 12.3 Å². The quantitative estimate of drug-likeness (QED) is 0.812. The van der Waals surface area contributed by atoms with E-state index >= 15 is 0 Å². The van der Waals surface area contributed by atoms with Crippen LogP contribution < -0.4 is 4.90 Å². The Morgan fingerprint density at radius 2 is 2.18 bits per heavy atom. The van der Waals surface area contributed by atoms with Crippen molar-refractivity contribution < 1.29 is 0 Å². The molecular weight excluding hydrogens is 270 g/mol. The van der Waals surface area contributed by atoms with Gasteiger partial charge in [0.25, 0.3) is 0 Å². The molecule has 1 aromatic carbocycles. The third kappa shape index (κ3) is 2.39. The van der Waals surface area contributed by atoms with Crippen LogP contribution >= 0.6 is 0 Å². The molecule has 22 heavy (non-hydrogen) atoms. The van der Waals surface area contributed by atoms with Gasteiger partial charge < -0.3 is 9.88 Å². The molecule has 1 N–H and O–H groups in total. The number of nitrogens with one attached hydrogen (secondary N) is 1. The molecule has 2 heterocycles. The lowest BCUT2D eigenvalue weighted by molar-refractivity contribution is 1.000. The number of H-pyrrole nitrogens is 1. The van der Waals surface area contributed by atoms with Crippen molar-refractivity contribution in [1.82, 2.24) is 4.98 Å². The van der Waals surface area contributed by atoms with E-state index in [2.05, 4.69) is 53.2 Å². The molecule has 1 aromatic heterocycles. The Balaban J connectivity index is 2.00. The first kappa shape index (κ1) is 14.4. The van der Waals surface area contributed by atoms with E-state index in [-0.39, 0.29) is 0 Å². The molecule has 0 atom stereocenters. The maximum atomic E-state index is 4.45. The highest BCUT2D eigenvalue weighted by atomic mass is 15.2. The Morgan fingerprint density at radius 3 is 2.91 bits per heavy atom. The summed E-state index contributed by atoms with van der Waals surface area (Å²) < 4.78 is 0. The van der Waals surface area contributed by atoms with Crippen molar-refractivity contribution in [3.05, 3.63) is 59.9 Å². The zero-order chi connectivity index (χ0) is 15.7. The lowest BCUT2D eigenvalue weighted by atomic mass is 10.1. The highest BCUT2D eigenvalue weighted by Gasteiger charge is 2.24. The average Bonchev–Trinajstić information content (AvgIpc) is 3.10. The molecule has 3 rings (SSSR count). The molecule has 3 heteroatoms. The molecule has 0 radical (unpaired) electrons. The van der Waals surface area contributed by atoms with Crippen molar-refractivity contribution in [2.24, 2.45) is 4.99 Å². The minimum Gasteiger partial charge on any atom is -0.352 e. The largest absolute Gasteiger partial charge is 0.352 e. The lowest BCUT2D eigenvalue weighted by Gasteiger charge is -2.22. The number of aromatic amines is 1. The predicted octanol–water partition coefficient (Wildman–Crippen LogP) is 4.72. The predicted molar refractivity (Wildman–Crippen MR) is 96.0 cm³/mol. The minimum atomic E-state index is 0.906. The van der Waals surface area contributed by atoms with Crippen LogP contribution in [0.4, 0.5) is 11.4 Å². The number of hydrogen-bond donors (Lipinski definition) is 1. The zero-order valence-electron chi connectivity index (χ0n) is 13.2. The summed E-state index contributed by atoms with van der Waals surface area (Å²) in [5.41, 5.74) is 7.71. The molecule has 0 bridgehead atoms. The standard InChI is InChI=1S/C19H21N3/c1-5-16-12-17(20-6-2)19(21-16)14(4)22-10-9-15-11-13(3)7-8-18(15)22/h5-8,11-12,21H,1,4,9-10H2,2-3H3. The van der Waals surface area contributed by atoms with Crippen molar-refractivity contribution in [3.8, 4) is 0 Å². The normalized spacial score (nSPS) is 13.6. The van der Waals surface area contributed by atoms with Crippen LogP contribution in [0.3, 0.4) is 0 Å². The Bertz CT molecular complexity index is 765. The van der Waals surface area contributed by atoms with Gasteiger partial charge in [-0.15, -0.1) is 0 Å². The average molecular weight is 291 g/mol. The summed E-state index contributed by atoms with van der Waals surface area (Å²) in [6.45, 7) is 13.1. The van der Waals surface area contributed by atoms with Gasteiger partial charge in [0.2, 0.25) is 0 Å². The van der Waals surface area contributed by atoms with Gasteiger partial charge in [-0.1, -0.05) is 30.9 Å². The molecular formula is C19H21N3. The Kier molecular flexibility index (Phi) is 3.72. The second-order valence-electron chi connectivity index (χ2n) is 5.56. The summed E-state index contributed by atoms with van der Waals surface area (Å²) in [6.07, 6.45) is 4.65. The van der Waals surface area contributed by atoms with Crippen LogP contribution in [0.2, 0.25) is 0 Å². The van der Waals surface area contributed by atoms with Gasteiger partial charge >= 0.3 is 0 Å². The number of aryl methyl sites for hydroxylation is 1. The fourth-order valence-electron chi connectivity index (χ4n) is 2.98. The van der Waals surface area contributed by atoms with E-state index in [0.29, 0.717) is 0 Å². The fraction of sp³-hybridized carbons (Fsp3) is 0.211. The van der Waals surface area contributed by atoms with Gasteiger partial charge in [0.05, 0.1) is 17.1 Å². The summed E-state index contributed by atoms with van der Waals surface area (Å²) in [4.78, 5) is 10.1. The van der Waals surface area contributed by atoms with Gasteiger partial charge in [-0.3, -0.25) is 4.99 Å². The van der Waals surface area contributed by atoms with Crippen LogP contribution in [0.1, 0.15) is 29.4 Å². The molecule has 1 aliphatic rings. The Labute approximate surface area is 131 Å². The van der Waals surface area contributed by atoms with Crippen molar-refractivity contribution >= 4 is 29.4 Å². The summed E-state index contributed by atoms with van der Waals surface area (Å²) in [5.74, 6) is 0. The smallest absolute Gasteiger partial charge is 0.0902 e. The number of fused-ring (bicyclic) bond motifs is 1. The molecule has 0 aliphatic carbocycles. The van der Waals surface area contributed by atoms with Gasteiger partial charge in [-0.25, -0.2) is 0 Å². The summed E-state index contributed by atoms with van der Waals surface area (Å²) in [7, 11) is 0. The van der Waals surface area contributed by atoms with Gasteiger partial charge in [-0.2, -0.15) is 0 Å². The molecule has 0 fully saturated rings. The van der Waals surface area contributed by atoms with E-state index in [1.807, 2.05) is 13.0 Å². The SMILES string of the molecule is C=Cc1cc(N=CC)c(C(=C)N2CCc3cc(C)ccc32)[nH]1. The first-order valence-corrected chi connectivity index (χ1v) is 7.54. The minimum absolute atomic E-state index is 0.906. The van der Waals surface area contributed by atoms with Crippen LogP contribution in [-0.2, 0) is 6.42 Å². The van der Waals surface area contributed by atoms with Crippen LogP contribution in [0.25, 0.3) is 11.8 Å². The number of hydrogen-bond acceptors (Lipinski definition) is 2. The van der Waals surface area contributed by atoms with E-state index in [0.717, 1.165) is 35.7 Å². The van der Waals surface area contributed by atoms with Gasteiger partial charge in [0, 0.05) is 24.1 Å². The highest BCUT2D eigenvalue weighted by Crippen LogP contribution is 2.37. The van der Waals surface area contributed by atoms with Crippen LogP contribution in [0.5, 0.6) is 0 Å². The van der Waals surface area contributed by atoms with Crippen molar-refractivity contribution in [1.29, 1.82) is 0 Å². The molecule has 112 valence electrons. The first-order valence-electron chi connectivity index (χ1n) is 7.54. The van der Waals surface area contributed by atoms with Crippen LogP contribution in [0.15, 0.2) is 42.4 Å². The fourth-order valence-corrected chi connectivity index (χ4v) is 2.98. The summed E-state index contributed by atoms with van der Waals surface area (Å²) in [6, 6.07) is 8.60. The highest BCUT2D eigenvalue weighted by molar-refractivity contribution is 5.86. The monoisotopic (exact) mass is 291 g/mol. The van der Waals surface area contributed by atoms with Gasteiger partial charge in [0.1, 0.15) is 0 Å². The van der Waals surface area contributed by atoms with Crippen molar-refractivity contribution in [2.75, 3.05) is 11.4 Å². The molecule has 1 aliphatic heterocycles. The third-order valence-electron chi connectivity index (χ3n) is 4.05. The number of rotatable bonds is 4. The summed E-state index contributed by atoms with van der Waals surface area (Å²) >= 11 is 0. The lowest BCUT2D eigenvalue weighted by Crippen LogP contribution is -2.18. The van der Waals surface area contributed by atoms with Crippen LogP contribution in [-0.4, -0.2) is 17.7 Å². The third-order valence-corrected chi connectivity index (χ3v) is 4.05. The number of nitrogens with zero attached hydrogens (tertiary/aromatic N) is 2. The van der Waals surface area contributed by atoms with E-state index < -0.39 is 0 Å². The second kappa shape index (κ2) is 5.68. The molecule has 0 amide bonds. The number of aromatic nitrogens is 1. The van der Waals surface area contributed by atoms with E-state index in [4.69, 9.17) is 0 Å². The molecule has 0 saturated carbocycles. The van der Waals surface area contributed by atoms with Crippen molar-refractivity contribution in [3.63, 3.8) is 0 Å². The van der Waals surface area contributed by atoms with E-state index in [1.165, 1.54) is 16.8 Å². The second-order valence-corrected chi connectivity index (χ2v) is 5.56. The molecule has 2 aromatic rings. The van der Waals surface area contributed by atoms with Gasteiger partial charge in [-0.05, 0) is 44.0 Å². The number of aliphatic imine (C=N–C) groups is 1. The summed E-state index contributed by atoms with van der Waals surface area (Å²) in [5, 5.41) is 0. The van der Waals surface area contributed by atoms with Gasteiger partial charge in [0.15, 0.2) is 0 Å². The Morgan fingerprint density at radius 1 is 1.36 bits per heavy atom. The first-order chi connectivity index (χ1) is 10.6. The number of benzene rings is 1. The topological polar surface area (TPSA) is 31.4 Å². The molecule has 0 spiro atoms. The Hall–Kier alpha value is -2.55. The zero-order valence-corrected chi connectivity index (χ0v) is 13.2. The molecule has 0 unspecified atom stereocenters. The number of anilines is 1. The molecule has 0 saturated heterocycles. The van der Waals surface area contributed by atoms with Crippen molar-refractivity contribution in [2.45, 2.75) is 20.3 Å². The molecule has 3 nitrogen and oxygen atoms in total. The maximum absolute atomic E-state index is 4.45. The van der Waals surface area contributed by atoms with Crippen LogP contribution in [0, 0.1) is 6.92 Å². The maximum Gasteiger partial charge on any atom is 0.0902 e.